The monoisotopic (exact) mass is 314 g/mol. The lowest BCUT2D eigenvalue weighted by atomic mass is 10.2. The topological polar surface area (TPSA) is 27.7 Å². The van der Waals surface area contributed by atoms with E-state index in [-0.39, 0.29) is 0 Å². The van der Waals surface area contributed by atoms with E-state index >= 15 is 0 Å². The number of hydrogen-bond acceptors (Lipinski definition) is 3. The van der Waals surface area contributed by atoms with E-state index in [1.54, 1.807) is 6.26 Å². The van der Waals surface area contributed by atoms with E-state index in [0.29, 0.717) is 12.6 Å². The average Bonchev–Trinajstić information content (AvgIpc) is 2.48. The molecule has 0 heterocycles. The zero-order chi connectivity index (χ0) is 15.8. The van der Waals surface area contributed by atoms with Crippen LogP contribution in [0.25, 0.3) is 0 Å². The third-order valence-electron chi connectivity index (χ3n) is 2.64. The molecule has 0 atom stereocenters. The molecule has 2 aromatic rings. The van der Waals surface area contributed by atoms with Gasteiger partial charge in [0, 0.05) is 0 Å². The van der Waals surface area contributed by atoms with Crippen LogP contribution in [0.3, 0.4) is 0 Å². The van der Waals surface area contributed by atoms with Gasteiger partial charge < -0.3 is 13.9 Å². The van der Waals surface area contributed by atoms with Crippen LogP contribution in [0.4, 0.5) is 0 Å². The fourth-order valence-corrected chi connectivity index (χ4v) is 2.45. The Morgan fingerprint density at radius 1 is 0.909 bits per heavy atom. The predicted molar refractivity (Wildman–Crippen MR) is 90.8 cm³/mol. The largest absolute Gasteiger partial charge is 0.517 e. The van der Waals surface area contributed by atoms with Crippen molar-refractivity contribution < 1.29 is 13.9 Å². The zero-order valence-electron chi connectivity index (χ0n) is 13.3. The second kappa shape index (κ2) is 7.71. The van der Waals surface area contributed by atoms with Crippen LogP contribution in [0.2, 0.25) is 19.6 Å². The summed E-state index contributed by atoms with van der Waals surface area (Å²) in [6, 6.07) is 19.6. The molecule has 4 heteroatoms. The fourth-order valence-electron chi connectivity index (χ4n) is 1.76. The summed E-state index contributed by atoms with van der Waals surface area (Å²) in [4.78, 5) is 0. The molecule has 2 aromatic carbocycles. The fraction of sp³-hybridized carbons (Fsp3) is 0.222. The highest BCUT2D eigenvalue weighted by Gasteiger charge is 2.19. The van der Waals surface area contributed by atoms with Crippen LogP contribution in [-0.4, -0.2) is 8.32 Å². The Balaban J connectivity index is 2.01. The van der Waals surface area contributed by atoms with Crippen molar-refractivity contribution in [1.82, 2.24) is 0 Å². The summed E-state index contributed by atoms with van der Waals surface area (Å²) < 4.78 is 17.3. The van der Waals surface area contributed by atoms with Gasteiger partial charge in [-0.15, -0.1) is 0 Å². The first-order valence-electron chi connectivity index (χ1n) is 7.30. The van der Waals surface area contributed by atoms with E-state index in [0.717, 1.165) is 11.3 Å². The Hall–Kier alpha value is -2.20. The van der Waals surface area contributed by atoms with Gasteiger partial charge in [-0.1, -0.05) is 48.5 Å². The molecule has 0 unspecified atom stereocenters. The molecular formula is C18H22O3Si. The second-order valence-corrected chi connectivity index (χ2v) is 10.3. The Labute approximate surface area is 133 Å². The minimum Gasteiger partial charge on any atom is -0.517 e. The molecule has 0 aliphatic carbocycles. The van der Waals surface area contributed by atoms with E-state index in [1.165, 1.54) is 0 Å². The minimum atomic E-state index is -1.78. The van der Waals surface area contributed by atoms with E-state index < -0.39 is 8.32 Å². The number of ether oxygens (including phenoxy) is 2. The molecule has 116 valence electrons. The molecule has 0 radical (unpaired) electrons. The van der Waals surface area contributed by atoms with Crippen LogP contribution >= 0.6 is 0 Å². The number of para-hydroxylation sites is 1. The maximum atomic E-state index is 5.93. The van der Waals surface area contributed by atoms with Crippen molar-refractivity contribution >= 4 is 8.32 Å². The molecular weight excluding hydrogens is 292 g/mol. The molecule has 22 heavy (non-hydrogen) atoms. The molecule has 0 fully saturated rings. The Morgan fingerprint density at radius 3 is 2.09 bits per heavy atom. The molecule has 0 aromatic heterocycles. The van der Waals surface area contributed by atoms with Crippen LogP contribution < -0.4 is 4.74 Å². The first kappa shape index (κ1) is 16.2. The molecule has 0 aliphatic rings. The zero-order valence-corrected chi connectivity index (χ0v) is 14.3. The second-order valence-electron chi connectivity index (χ2n) is 5.86. The van der Waals surface area contributed by atoms with Crippen LogP contribution in [0.5, 0.6) is 5.75 Å². The summed E-state index contributed by atoms with van der Waals surface area (Å²) in [5, 5.41) is 0. The van der Waals surface area contributed by atoms with Gasteiger partial charge in [0.2, 0.25) is 8.32 Å². The normalized spacial score (nSPS) is 11.9. The number of benzene rings is 2. The van der Waals surface area contributed by atoms with Crippen molar-refractivity contribution in [2.45, 2.75) is 26.2 Å². The molecule has 0 spiro atoms. The summed E-state index contributed by atoms with van der Waals surface area (Å²) in [5.74, 6) is 1.14. The summed E-state index contributed by atoms with van der Waals surface area (Å²) in [6.07, 6.45) is 1.55. The quantitative estimate of drug-likeness (QED) is 0.535. The Morgan fingerprint density at radius 2 is 1.50 bits per heavy atom. The van der Waals surface area contributed by atoms with Gasteiger partial charge in [0.05, 0.1) is 0 Å². The molecule has 0 amide bonds. The molecule has 3 nitrogen and oxygen atoms in total. The maximum Gasteiger partial charge on any atom is 0.307 e. The van der Waals surface area contributed by atoms with Crippen molar-refractivity contribution in [3.05, 3.63) is 78.4 Å². The smallest absolute Gasteiger partial charge is 0.307 e. The van der Waals surface area contributed by atoms with Gasteiger partial charge in [-0.2, -0.15) is 0 Å². The van der Waals surface area contributed by atoms with Gasteiger partial charge in [-0.3, -0.25) is 0 Å². The van der Waals surface area contributed by atoms with E-state index in [2.05, 4.69) is 19.6 Å². The van der Waals surface area contributed by atoms with Crippen LogP contribution in [-0.2, 0) is 15.8 Å². The Kier molecular flexibility index (Phi) is 5.66. The van der Waals surface area contributed by atoms with Crippen molar-refractivity contribution in [2.24, 2.45) is 0 Å². The van der Waals surface area contributed by atoms with Crippen molar-refractivity contribution in [3.8, 4) is 5.75 Å². The third kappa shape index (κ3) is 6.05. The first-order chi connectivity index (χ1) is 10.5. The third-order valence-corrected chi connectivity index (χ3v) is 3.45. The highest BCUT2D eigenvalue weighted by atomic mass is 28.4. The summed E-state index contributed by atoms with van der Waals surface area (Å²) in [5.41, 5.74) is 1.10. The van der Waals surface area contributed by atoms with E-state index in [4.69, 9.17) is 13.9 Å². The SMILES string of the molecule is C[Si](C)(C)OC(=COCc1ccccc1)Oc1ccccc1. The molecule has 0 aliphatic heterocycles. The van der Waals surface area contributed by atoms with Crippen LogP contribution in [0.15, 0.2) is 72.9 Å². The van der Waals surface area contributed by atoms with Gasteiger partial charge in [0.25, 0.3) is 0 Å². The van der Waals surface area contributed by atoms with Crippen molar-refractivity contribution in [1.29, 1.82) is 0 Å². The molecule has 0 N–H and O–H groups in total. The van der Waals surface area contributed by atoms with Gasteiger partial charge in [0.15, 0.2) is 6.26 Å². The van der Waals surface area contributed by atoms with Crippen molar-refractivity contribution in [2.75, 3.05) is 0 Å². The summed E-state index contributed by atoms with van der Waals surface area (Å²) in [7, 11) is -1.78. The highest BCUT2D eigenvalue weighted by Crippen LogP contribution is 2.17. The average molecular weight is 314 g/mol. The summed E-state index contributed by atoms with van der Waals surface area (Å²) in [6.45, 7) is 6.79. The number of rotatable bonds is 7. The molecule has 0 saturated heterocycles. The lowest BCUT2D eigenvalue weighted by Gasteiger charge is -2.21. The van der Waals surface area contributed by atoms with Gasteiger partial charge in [-0.05, 0) is 37.3 Å². The van der Waals surface area contributed by atoms with Gasteiger partial charge in [0.1, 0.15) is 12.4 Å². The van der Waals surface area contributed by atoms with E-state index in [9.17, 15) is 0 Å². The van der Waals surface area contributed by atoms with Crippen LogP contribution in [0, 0.1) is 0 Å². The minimum absolute atomic E-state index is 0.404. The standard InChI is InChI=1S/C18H22O3Si/c1-22(2,3)21-18(20-17-12-8-5-9-13-17)15-19-14-16-10-6-4-7-11-16/h4-13,15H,14H2,1-3H3. The lowest BCUT2D eigenvalue weighted by Crippen LogP contribution is -2.26. The molecule has 2 rings (SSSR count). The first-order valence-corrected chi connectivity index (χ1v) is 10.7. The number of hydrogen-bond donors (Lipinski definition) is 0. The van der Waals surface area contributed by atoms with E-state index in [1.807, 2.05) is 60.7 Å². The predicted octanol–water partition coefficient (Wildman–Crippen LogP) is 4.93. The molecule has 0 saturated carbocycles. The summed E-state index contributed by atoms with van der Waals surface area (Å²) >= 11 is 0. The van der Waals surface area contributed by atoms with Gasteiger partial charge in [-0.25, -0.2) is 0 Å². The molecule has 0 bridgehead atoms. The van der Waals surface area contributed by atoms with Crippen molar-refractivity contribution in [3.63, 3.8) is 0 Å². The Bertz CT molecular complexity index is 589. The van der Waals surface area contributed by atoms with Crippen LogP contribution in [0.1, 0.15) is 5.56 Å². The highest BCUT2D eigenvalue weighted by molar-refractivity contribution is 6.70. The maximum absolute atomic E-state index is 5.93. The van der Waals surface area contributed by atoms with Gasteiger partial charge >= 0.3 is 5.95 Å². The lowest BCUT2D eigenvalue weighted by molar-refractivity contribution is 0.162.